The van der Waals surface area contributed by atoms with Gasteiger partial charge in [-0.25, -0.2) is 9.48 Å². The topological polar surface area (TPSA) is 81.0 Å². The third-order valence-electron chi connectivity index (χ3n) is 2.85. The van der Waals surface area contributed by atoms with E-state index in [-0.39, 0.29) is 11.6 Å². The Kier molecular flexibility index (Phi) is 3.58. The van der Waals surface area contributed by atoms with E-state index >= 15 is 0 Å². The van der Waals surface area contributed by atoms with Crippen molar-refractivity contribution in [1.29, 1.82) is 0 Å². The summed E-state index contributed by atoms with van der Waals surface area (Å²) in [5.41, 5.74) is -0.0709. The van der Waals surface area contributed by atoms with Crippen molar-refractivity contribution in [1.82, 2.24) is 25.0 Å². The minimum Gasteiger partial charge on any atom is -0.359 e. The number of aryl methyl sites for hydroxylation is 1. The van der Waals surface area contributed by atoms with Gasteiger partial charge in [0.2, 0.25) is 5.91 Å². The Labute approximate surface area is 98.8 Å². The maximum atomic E-state index is 11.9. The summed E-state index contributed by atoms with van der Waals surface area (Å²) in [5, 5.41) is 9.96. The fraction of sp³-hybridized carbons (Fsp3) is 0.700. The summed E-state index contributed by atoms with van der Waals surface area (Å²) in [6, 6.07) is 0. The van der Waals surface area contributed by atoms with Crippen LogP contribution in [0.25, 0.3) is 0 Å². The average Bonchev–Trinajstić information content (AvgIpc) is 2.67. The molecule has 2 N–H and O–H groups in total. The predicted molar refractivity (Wildman–Crippen MR) is 61.5 cm³/mol. The van der Waals surface area contributed by atoms with Gasteiger partial charge >= 0.3 is 5.69 Å². The van der Waals surface area contributed by atoms with Gasteiger partial charge in [-0.1, -0.05) is 0 Å². The molecule has 17 heavy (non-hydrogen) atoms. The van der Waals surface area contributed by atoms with Gasteiger partial charge in [-0.2, -0.15) is 5.10 Å². The number of aromatic nitrogens is 3. The Morgan fingerprint density at radius 3 is 3.12 bits per heavy atom. The van der Waals surface area contributed by atoms with Crippen LogP contribution in [0.15, 0.2) is 4.79 Å². The largest absolute Gasteiger partial charge is 0.359 e. The fourth-order valence-corrected chi connectivity index (χ4v) is 1.89. The third-order valence-corrected chi connectivity index (χ3v) is 2.85. The molecule has 0 atom stereocenters. The summed E-state index contributed by atoms with van der Waals surface area (Å²) in [7, 11) is 1.61. The molecule has 1 aromatic heterocycles. The molecule has 0 saturated carbocycles. The zero-order valence-corrected chi connectivity index (χ0v) is 9.90. The van der Waals surface area contributed by atoms with Gasteiger partial charge in [-0.15, -0.1) is 0 Å². The summed E-state index contributed by atoms with van der Waals surface area (Å²) < 4.78 is 3.14. The van der Waals surface area contributed by atoms with Crippen LogP contribution in [0.2, 0.25) is 0 Å². The van der Waals surface area contributed by atoms with Crippen molar-refractivity contribution in [3.05, 3.63) is 16.3 Å². The Morgan fingerprint density at radius 1 is 1.59 bits per heavy atom. The van der Waals surface area contributed by atoms with Gasteiger partial charge in [-0.3, -0.25) is 9.36 Å². The van der Waals surface area contributed by atoms with Crippen molar-refractivity contribution in [3.63, 3.8) is 0 Å². The maximum Gasteiger partial charge on any atom is 0.345 e. The van der Waals surface area contributed by atoms with Crippen LogP contribution < -0.4 is 16.3 Å². The number of hydrogen-bond donors (Lipinski definition) is 2. The molecule has 0 unspecified atom stereocenters. The van der Waals surface area contributed by atoms with Crippen LogP contribution >= 0.6 is 0 Å². The van der Waals surface area contributed by atoms with Crippen molar-refractivity contribution in [2.24, 2.45) is 0 Å². The van der Waals surface area contributed by atoms with Gasteiger partial charge in [0.05, 0.1) is 6.54 Å². The van der Waals surface area contributed by atoms with Crippen LogP contribution in [-0.2, 0) is 24.4 Å². The first-order valence-electron chi connectivity index (χ1n) is 5.80. The van der Waals surface area contributed by atoms with Gasteiger partial charge in [0.25, 0.3) is 0 Å². The second kappa shape index (κ2) is 5.13. The van der Waals surface area contributed by atoms with Crippen LogP contribution in [0.3, 0.4) is 0 Å². The van der Waals surface area contributed by atoms with Crippen LogP contribution in [0, 0.1) is 0 Å². The Bertz CT molecular complexity index is 462. The van der Waals surface area contributed by atoms with E-state index in [1.807, 2.05) is 0 Å². The summed E-state index contributed by atoms with van der Waals surface area (Å²) >= 11 is 0. The van der Waals surface area contributed by atoms with Crippen molar-refractivity contribution >= 4 is 5.91 Å². The molecule has 1 aliphatic rings. The zero-order chi connectivity index (χ0) is 12.3. The number of carbonyl (C=O) groups excluding carboxylic acids is 1. The summed E-state index contributed by atoms with van der Waals surface area (Å²) in [6.45, 7) is 2.60. The summed E-state index contributed by atoms with van der Waals surface area (Å²) in [5.74, 6) is 0.768. The van der Waals surface area contributed by atoms with Gasteiger partial charge < -0.3 is 10.6 Å². The standard InChI is InChI=1S/C10H17N5O2/c1-11-9(16)3-2-5-15-10(17)14-6-4-12-7-8(14)13-15/h12H,2-7H2,1H3,(H,11,16). The van der Waals surface area contributed by atoms with E-state index in [9.17, 15) is 9.59 Å². The van der Waals surface area contributed by atoms with Crippen LogP contribution in [-0.4, -0.2) is 33.8 Å². The number of nitrogens with zero attached hydrogens (tertiary/aromatic N) is 3. The highest BCUT2D eigenvalue weighted by atomic mass is 16.2. The highest BCUT2D eigenvalue weighted by molar-refractivity contribution is 5.75. The molecule has 2 rings (SSSR count). The molecule has 0 aromatic carbocycles. The normalized spacial score (nSPS) is 14.4. The number of carbonyl (C=O) groups is 1. The molecule has 0 aliphatic carbocycles. The smallest absolute Gasteiger partial charge is 0.345 e. The second-order valence-electron chi connectivity index (χ2n) is 4.03. The number of hydrogen-bond acceptors (Lipinski definition) is 4. The van der Waals surface area contributed by atoms with Crippen LogP contribution in [0.4, 0.5) is 0 Å². The second-order valence-corrected chi connectivity index (χ2v) is 4.03. The monoisotopic (exact) mass is 239 g/mol. The molecule has 0 fully saturated rings. The lowest BCUT2D eigenvalue weighted by Crippen LogP contribution is -2.34. The highest BCUT2D eigenvalue weighted by Crippen LogP contribution is 1.99. The zero-order valence-electron chi connectivity index (χ0n) is 9.90. The van der Waals surface area contributed by atoms with E-state index in [2.05, 4.69) is 15.7 Å². The molecule has 1 aromatic rings. The number of rotatable bonds is 4. The summed E-state index contributed by atoms with van der Waals surface area (Å²) in [4.78, 5) is 22.9. The first kappa shape index (κ1) is 11.8. The molecule has 94 valence electrons. The molecule has 2 heterocycles. The SMILES string of the molecule is CNC(=O)CCCn1nc2n(c1=O)CCNC2. The Morgan fingerprint density at radius 2 is 2.41 bits per heavy atom. The lowest BCUT2D eigenvalue weighted by atomic mass is 10.3. The van der Waals surface area contributed by atoms with E-state index < -0.39 is 0 Å². The lowest BCUT2D eigenvalue weighted by Gasteiger charge is -2.11. The van der Waals surface area contributed by atoms with Gasteiger partial charge in [0.1, 0.15) is 5.82 Å². The molecule has 0 radical (unpaired) electrons. The lowest BCUT2D eigenvalue weighted by molar-refractivity contribution is -0.120. The summed E-state index contributed by atoms with van der Waals surface area (Å²) in [6.07, 6.45) is 1.05. The molecular weight excluding hydrogens is 222 g/mol. The van der Waals surface area contributed by atoms with E-state index in [1.54, 1.807) is 11.6 Å². The first-order chi connectivity index (χ1) is 8.22. The van der Waals surface area contributed by atoms with Crippen molar-refractivity contribution in [2.45, 2.75) is 32.5 Å². The van der Waals surface area contributed by atoms with Crippen molar-refractivity contribution in [2.75, 3.05) is 13.6 Å². The highest BCUT2D eigenvalue weighted by Gasteiger charge is 2.15. The van der Waals surface area contributed by atoms with Crippen LogP contribution in [0.5, 0.6) is 0 Å². The Hall–Kier alpha value is -1.63. The molecule has 7 heteroatoms. The van der Waals surface area contributed by atoms with E-state index in [4.69, 9.17) is 0 Å². The minimum absolute atomic E-state index is 0.0105. The third kappa shape index (κ3) is 2.55. The van der Waals surface area contributed by atoms with Gasteiger partial charge in [0, 0.05) is 33.1 Å². The Balaban J connectivity index is 1.99. The van der Waals surface area contributed by atoms with Crippen molar-refractivity contribution < 1.29 is 4.79 Å². The molecule has 1 aliphatic heterocycles. The van der Waals surface area contributed by atoms with Gasteiger partial charge in [0.15, 0.2) is 0 Å². The minimum atomic E-state index is -0.0709. The fourth-order valence-electron chi connectivity index (χ4n) is 1.89. The van der Waals surface area contributed by atoms with E-state index in [0.29, 0.717) is 32.5 Å². The molecule has 7 nitrogen and oxygen atoms in total. The molecular formula is C10H17N5O2. The van der Waals surface area contributed by atoms with Crippen molar-refractivity contribution in [3.8, 4) is 0 Å². The van der Waals surface area contributed by atoms with E-state index in [1.165, 1.54) is 4.68 Å². The quantitative estimate of drug-likeness (QED) is 0.682. The average molecular weight is 239 g/mol. The maximum absolute atomic E-state index is 11.9. The molecule has 0 spiro atoms. The molecule has 0 bridgehead atoms. The number of fused-ring (bicyclic) bond motifs is 1. The predicted octanol–water partition coefficient (Wildman–Crippen LogP) is -1.33. The van der Waals surface area contributed by atoms with E-state index in [0.717, 1.165) is 12.4 Å². The molecule has 0 saturated heterocycles. The van der Waals surface area contributed by atoms with Gasteiger partial charge in [-0.05, 0) is 6.42 Å². The molecule has 1 amide bonds. The number of nitrogens with one attached hydrogen (secondary N) is 2. The van der Waals surface area contributed by atoms with Crippen LogP contribution in [0.1, 0.15) is 18.7 Å². The number of amides is 1. The first-order valence-corrected chi connectivity index (χ1v) is 5.80.